The molecule has 0 aromatic heterocycles. The molecule has 0 radical (unpaired) electrons. The van der Waals surface area contributed by atoms with E-state index in [4.69, 9.17) is 0 Å². The molecule has 0 aliphatic heterocycles. The second-order valence-electron chi connectivity index (χ2n) is 4.23. The first kappa shape index (κ1) is 14.0. The minimum atomic E-state index is -0.409. The lowest BCUT2D eigenvalue weighted by Gasteiger charge is -2.08. The highest BCUT2D eigenvalue weighted by Gasteiger charge is 2.03. The van der Waals surface area contributed by atoms with Gasteiger partial charge in [0.05, 0.1) is 0 Å². The topological polar surface area (TPSA) is 41.1 Å². The van der Waals surface area contributed by atoms with Gasteiger partial charge in [-0.3, -0.25) is 0 Å². The molecule has 0 saturated heterocycles. The van der Waals surface area contributed by atoms with Gasteiger partial charge in [0.25, 0.3) is 0 Å². The van der Waals surface area contributed by atoms with Crippen molar-refractivity contribution in [1.29, 1.82) is 0 Å². The number of hydrogen-bond acceptors (Lipinski definition) is 1. The van der Waals surface area contributed by atoms with Gasteiger partial charge < -0.3 is 10.6 Å². The molecular weight excluding hydrogens is 262 g/mol. The van der Waals surface area contributed by atoms with Gasteiger partial charge in [0, 0.05) is 12.2 Å². The van der Waals surface area contributed by atoms with E-state index in [0.717, 1.165) is 0 Å². The predicted octanol–water partition coefficient (Wildman–Crippen LogP) is 3.33. The Morgan fingerprint density at radius 2 is 1.70 bits per heavy atom. The van der Waals surface area contributed by atoms with E-state index < -0.39 is 6.03 Å². The summed E-state index contributed by atoms with van der Waals surface area (Å²) in [7, 11) is 0. The maximum atomic E-state index is 13.3. The van der Waals surface area contributed by atoms with E-state index in [9.17, 15) is 13.6 Å². The van der Waals surface area contributed by atoms with Gasteiger partial charge in [0.1, 0.15) is 11.6 Å². The largest absolute Gasteiger partial charge is 0.338 e. The van der Waals surface area contributed by atoms with Gasteiger partial charge in [-0.1, -0.05) is 18.2 Å². The fraction of sp³-hybridized carbons (Fsp3) is 0.133. The molecule has 0 saturated carbocycles. The summed E-state index contributed by atoms with van der Waals surface area (Å²) in [6, 6.07) is 11.5. The highest BCUT2D eigenvalue weighted by Crippen LogP contribution is 2.08. The summed E-state index contributed by atoms with van der Waals surface area (Å²) in [6.07, 6.45) is 0.406. The smallest absolute Gasteiger partial charge is 0.319 e. The molecule has 0 atom stereocenters. The Balaban J connectivity index is 1.78. The summed E-state index contributed by atoms with van der Waals surface area (Å²) in [5.74, 6) is -0.649. The molecule has 5 heteroatoms. The van der Waals surface area contributed by atoms with Gasteiger partial charge in [-0.05, 0) is 42.3 Å². The number of amides is 2. The Bertz CT molecular complexity index is 585. The van der Waals surface area contributed by atoms with Crippen molar-refractivity contribution in [1.82, 2.24) is 5.32 Å². The summed E-state index contributed by atoms with van der Waals surface area (Å²) < 4.78 is 26.0. The van der Waals surface area contributed by atoms with Crippen molar-refractivity contribution in [3.8, 4) is 0 Å². The molecule has 2 N–H and O–H groups in total. The van der Waals surface area contributed by atoms with Gasteiger partial charge in [-0.2, -0.15) is 0 Å². The molecule has 0 fully saturated rings. The first-order valence-corrected chi connectivity index (χ1v) is 6.19. The highest BCUT2D eigenvalue weighted by atomic mass is 19.1. The first-order valence-electron chi connectivity index (χ1n) is 6.19. The minimum absolute atomic E-state index is 0.284. The van der Waals surface area contributed by atoms with Gasteiger partial charge in [0.2, 0.25) is 0 Å². The van der Waals surface area contributed by atoms with Crippen LogP contribution >= 0.6 is 0 Å². The maximum absolute atomic E-state index is 13.3. The molecule has 20 heavy (non-hydrogen) atoms. The lowest BCUT2D eigenvalue weighted by atomic mass is 10.1. The lowest BCUT2D eigenvalue weighted by Crippen LogP contribution is -2.30. The molecule has 0 aliphatic rings. The standard InChI is InChI=1S/C15H14F2N2O/c16-12-5-7-13(8-6-12)19-15(20)18-10-9-11-3-1-2-4-14(11)17/h1-8H,9-10H2,(H2,18,19,20). The van der Waals surface area contributed by atoms with Gasteiger partial charge in [-0.15, -0.1) is 0 Å². The van der Waals surface area contributed by atoms with E-state index in [1.165, 1.54) is 30.3 Å². The Hall–Kier alpha value is -2.43. The Morgan fingerprint density at radius 3 is 2.40 bits per heavy atom. The molecule has 0 heterocycles. The summed E-state index contributed by atoms with van der Waals surface area (Å²) in [4.78, 5) is 11.6. The van der Waals surface area contributed by atoms with Crippen LogP contribution in [0, 0.1) is 11.6 Å². The number of anilines is 1. The van der Waals surface area contributed by atoms with E-state index in [2.05, 4.69) is 10.6 Å². The van der Waals surface area contributed by atoms with Crippen molar-refractivity contribution in [3.05, 3.63) is 65.7 Å². The average Bonchev–Trinajstić information content (AvgIpc) is 2.43. The van der Waals surface area contributed by atoms with Crippen molar-refractivity contribution in [3.63, 3.8) is 0 Å². The molecule has 104 valence electrons. The van der Waals surface area contributed by atoms with Crippen LogP contribution in [0.15, 0.2) is 48.5 Å². The zero-order valence-corrected chi connectivity index (χ0v) is 10.7. The Morgan fingerprint density at radius 1 is 1.00 bits per heavy atom. The van der Waals surface area contributed by atoms with Crippen LogP contribution in [-0.2, 0) is 6.42 Å². The van der Waals surface area contributed by atoms with E-state index in [-0.39, 0.29) is 11.6 Å². The van der Waals surface area contributed by atoms with Crippen LogP contribution in [0.2, 0.25) is 0 Å². The first-order chi connectivity index (χ1) is 9.65. The quantitative estimate of drug-likeness (QED) is 0.883. The third kappa shape index (κ3) is 4.05. The van der Waals surface area contributed by atoms with Crippen molar-refractivity contribution >= 4 is 11.7 Å². The molecular formula is C15H14F2N2O. The maximum Gasteiger partial charge on any atom is 0.319 e. The number of urea groups is 1. The van der Waals surface area contributed by atoms with E-state index in [0.29, 0.717) is 24.2 Å². The Labute approximate surface area is 115 Å². The van der Waals surface area contributed by atoms with Gasteiger partial charge >= 0.3 is 6.03 Å². The zero-order chi connectivity index (χ0) is 14.4. The van der Waals surface area contributed by atoms with Gasteiger partial charge in [-0.25, -0.2) is 13.6 Å². The average molecular weight is 276 g/mol. The predicted molar refractivity (Wildman–Crippen MR) is 73.5 cm³/mol. The van der Waals surface area contributed by atoms with E-state index >= 15 is 0 Å². The fourth-order valence-electron chi connectivity index (χ4n) is 1.72. The Kier molecular flexibility index (Phi) is 4.65. The summed E-state index contributed by atoms with van der Waals surface area (Å²) in [5.41, 5.74) is 1.05. The summed E-state index contributed by atoms with van der Waals surface area (Å²) >= 11 is 0. The van der Waals surface area contributed by atoms with Crippen LogP contribution in [0.1, 0.15) is 5.56 Å². The summed E-state index contributed by atoms with van der Waals surface area (Å²) in [6.45, 7) is 0.313. The normalized spacial score (nSPS) is 10.1. The SMILES string of the molecule is O=C(NCCc1ccccc1F)Nc1ccc(F)cc1. The molecule has 0 aliphatic carbocycles. The number of rotatable bonds is 4. The third-order valence-corrected chi connectivity index (χ3v) is 2.74. The molecule has 3 nitrogen and oxygen atoms in total. The summed E-state index contributed by atoms with van der Waals surface area (Å²) in [5, 5.41) is 5.17. The van der Waals surface area contributed by atoms with Crippen molar-refractivity contribution in [2.45, 2.75) is 6.42 Å². The molecule has 0 bridgehead atoms. The number of carbonyl (C=O) groups is 1. The van der Waals surface area contributed by atoms with Crippen LogP contribution in [-0.4, -0.2) is 12.6 Å². The van der Waals surface area contributed by atoms with Crippen LogP contribution in [0.4, 0.5) is 19.3 Å². The second-order valence-corrected chi connectivity index (χ2v) is 4.23. The highest BCUT2D eigenvalue weighted by molar-refractivity contribution is 5.89. The number of hydrogen-bond donors (Lipinski definition) is 2. The number of carbonyl (C=O) groups excluding carboxylic acids is 1. The van der Waals surface area contributed by atoms with Crippen LogP contribution in [0.5, 0.6) is 0 Å². The lowest BCUT2D eigenvalue weighted by molar-refractivity contribution is 0.252. The zero-order valence-electron chi connectivity index (χ0n) is 10.7. The number of halogens is 2. The van der Waals surface area contributed by atoms with Crippen molar-refractivity contribution < 1.29 is 13.6 Å². The molecule has 0 unspecified atom stereocenters. The molecule has 0 spiro atoms. The van der Waals surface area contributed by atoms with Crippen molar-refractivity contribution in [2.24, 2.45) is 0 Å². The second kappa shape index (κ2) is 6.65. The third-order valence-electron chi connectivity index (χ3n) is 2.74. The number of nitrogens with one attached hydrogen (secondary N) is 2. The molecule has 2 rings (SSSR count). The number of benzene rings is 2. The van der Waals surface area contributed by atoms with Crippen LogP contribution in [0.25, 0.3) is 0 Å². The van der Waals surface area contributed by atoms with E-state index in [1.54, 1.807) is 18.2 Å². The molecule has 2 aromatic carbocycles. The minimum Gasteiger partial charge on any atom is -0.338 e. The van der Waals surface area contributed by atoms with Crippen molar-refractivity contribution in [2.75, 3.05) is 11.9 Å². The monoisotopic (exact) mass is 276 g/mol. The fourth-order valence-corrected chi connectivity index (χ4v) is 1.72. The molecule has 2 amide bonds. The van der Waals surface area contributed by atoms with E-state index in [1.807, 2.05) is 0 Å². The van der Waals surface area contributed by atoms with Crippen LogP contribution < -0.4 is 10.6 Å². The van der Waals surface area contributed by atoms with Crippen LogP contribution in [0.3, 0.4) is 0 Å². The molecule has 2 aromatic rings. The van der Waals surface area contributed by atoms with Gasteiger partial charge in [0.15, 0.2) is 0 Å².